The minimum absolute atomic E-state index is 0. The molecule has 0 aliphatic heterocycles. The smallest absolute Gasteiger partial charge is 0.191 e. The number of halogens is 2. The summed E-state index contributed by atoms with van der Waals surface area (Å²) in [6.45, 7) is 3.07. The highest BCUT2D eigenvalue weighted by Crippen LogP contribution is 2.12. The summed E-state index contributed by atoms with van der Waals surface area (Å²) in [5, 5.41) is 10.9. The Labute approximate surface area is 168 Å². The largest absolute Gasteiger partial charge is 0.467 e. The van der Waals surface area contributed by atoms with Crippen molar-refractivity contribution in [2.24, 2.45) is 4.99 Å². The summed E-state index contributed by atoms with van der Waals surface area (Å²) in [5.74, 6) is 1.24. The van der Waals surface area contributed by atoms with Gasteiger partial charge in [0.2, 0.25) is 0 Å². The zero-order valence-corrected chi connectivity index (χ0v) is 16.9. The number of nitrogens with one attached hydrogen (secondary N) is 2. The Morgan fingerprint density at radius 2 is 1.92 bits per heavy atom. The van der Waals surface area contributed by atoms with Crippen molar-refractivity contribution in [1.29, 1.82) is 0 Å². The van der Waals surface area contributed by atoms with Crippen molar-refractivity contribution in [1.82, 2.24) is 20.4 Å². The first kappa shape index (κ1) is 20.0. The minimum Gasteiger partial charge on any atom is -0.467 e. The van der Waals surface area contributed by atoms with E-state index < -0.39 is 0 Å². The van der Waals surface area contributed by atoms with Crippen molar-refractivity contribution in [3.8, 4) is 5.69 Å². The van der Waals surface area contributed by atoms with Crippen LogP contribution in [0.4, 0.5) is 4.39 Å². The lowest BCUT2D eigenvalue weighted by molar-refractivity contribution is 0.501. The first-order valence-electron chi connectivity index (χ1n) is 7.93. The molecule has 0 fully saturated rings. The zero-order chi connectivity index (χ0) is 17.6. The number of aliphatic imine (C=N–C) groups is 1. The van der Waals surface area contributed by atoms with Gasteiger partial charge in [-0.15, -0.1) is 24.0 Å². The standard InChI is InChI=1S/C18H20FN5O.HI/c1-13-14(12-24(23-13)16-7-5-15(19)6-8-16)10-21-18(20-2)22-11-17-4-3-9-25-17;/h3-9,12H,10-11H2,1-2H3,(H2,20,21,22);1H. The van der Waals surface area contributed by atoms with E-state index in [1.807, 2.05) is 25.3 Å². The monoisotopic (exact) mass is 469 g/mol. The lowest BCUT2D eigenvalue weighted by Gasteiger charge is -2.10. The molecule has 0 bridgehead atoms. The molecule has 0 unspecified atom stereocenters. The third kappa shape index (κ3) is 5.07. The Morgan fingerprint density at radius 1 is 1.19 bits per heavy atom. The van der Waals surface area contributed by atoms with E-state index in [2.05, 4.69) is 20.7 Å². The third-order valence-corrected chi connectivity index (χ3v) is 3.77. The highest BCUT2D eigenvalue weighted by molar-refractivity contribution is 14.0. The molecule has 1 aromatic carbocycles. The van der Waals surface area contributed by atoms with Gasteiger partial charge in [-0.05, 0) is 43.3 Å². The summed E-state index contributed by atoms with van der Waals surface area (Å²) < 4.78 is 20.1. The molecule has 0 spiro atoms. The fraction of sp³-hybridized carbons (Fsp3) is 0.222. The van der Waals surface area contributed by atoms with Crippen molar-refractivity contribution in [3.05, 3.63) is 71.7 Å². The molecule has 0 saturated carbocycles. The Bertz CT molecular complexity index is 843. The second-order valence-corrected chi connectivity index (χ2v) is 5.52. The van der Waals surface area contributed by atoms with Crippen LogP contribution < -0.4 is 10.6 Å². The van der Waals surface area contributed by atoms with Gasteiger partial charge in [-0.25, -0.2) is 9.07 Å². The van der Waals surface area contributed by atoms with Crippen molar-refractivity contribution in [3.63, 3.8) is 0 Å². The van der Waals surface area contributed by atoms with Gasteiger partial charge in [0.1, 0.15) is 11.6 Å². The average Bonchev–Trinajstić information content (AvgIpc) is 3.26. The number of guanidine groups is 1. The van der Waals surface area contributed by atoms with E-state index in [1.165, 1.54) is 12.1 Å². The molecule has 3 aromatic rings. The number of hydrogen-bond donors (Lipinski definition) is 2. The Kier molecular flexibility index (Phi) is 7.19. The minimum atomic E-state index is -0.263. The molecule has 6 nitrogen and oxygen atoms in total. The lowest BCUT2D eigenvalue weighted by Crippen LogP contribution is -2.36. The quantitative estimate of drug-likeness (QED) is 0.342. The van der Waals surface area contributed by atoms with Crippen LogP contribution in [0.2, 0.25) is 0 Å². The predicted octanol–water partition coefficient (Wildman–Crippen LogP) is 3.40. The summed E-state index contributed by atoms with van der Waals surface area (Å²) >= 11 is 0. The first-order chi connectivity index (χ1) is 12.2. The maximum atomic E-state index is 13.0. The van der Waals surface area contributed by atoms with E-state index in [1.54, 1.807) is 30.1 Å². The predicted molar refractivity (Wildman–Crippen MR) is 109 cm³/mol. The molecule has 0 amide bonds. The number of hydrogen-bond acceptors (Lipinski definition) is 3. The Hall–Kier alpha value is -2.36. The van der Waals surface area contributed by atoms with Gasteiger partial charge in [-0.1, -0.05) is 0 Å². The SMILES string of the molecule is CN=C(NCc1ccco1)NCc1cn(-c2ccc(F)cc2)nc1C.I. The van der Waals surface area contributed by atoms with Crippen LogP contribution in [0.1, 0.15) is 17.0 Å². The van der Waals surface area contributed by atoms with Gasteiger partial charge < -0.3 is 15.1 Å². The number of rotatable bonds is 5. The normalized spacial score (nSPS) is 11.1. The van der Waals surface area contributed by atoms with Crippen molar-refractivity contribution in [2.45, 2.75) is 20.0 Å². The second-order valence-electron chi connectivity index (χ2n) is 5.52. The number of aromatic nitrogens is 2. The van der Waals surface area contributed by atoms with Crippen LogP contribution in [0.3, 0.4) is 0 Å². The van der Waals surface area contributed by atoms with Gasteiger partial charge >= 0.3 is 0 Å². The van der Waals surface area contributed by atoms with E-state index >= 15 is 0 Å². The van der Waals surface area contributed by atoms with E-state index in [4.69, 9.17) is 4.42 Å². The number of nitrogens with zero attached hydrogens (tertiary/aromatic N) is 3. The fourth-order valence-corrected chi connectivity index (χ4v) is 2.38. The van der Waals surface area contributed by atoms with Crippen LogP contribution in [-0.2, 0) is 13.1 Å². The molecule has 2 heterocycles. The maximum Gasteiger partial charge on any atom is 0.191 e. The van der Waals surface area contributed by atoms with Crippen molar-refractivity contribution < 1.29 is 8.81 Å². The molecule has 8 heteroatoms. The van der Waals surface area contributed by atoms with Crippen LogP contribution >= 0.6 is 24.0 Å². The number of aryl methyl sites for hydroxylation is 1. The maximum absolute atomic E-state index is 13.0. The van der Waals surface area contributed by atoms with E-state index in [0.717, 1.165) is 22.7 Å². The topological polar surface area (TPSA) is 67.4 Å². The van der Waals surface area contributed by atoms with Crippen LogP contribution in [0, 0.1) is 12.7 Å². The van der Waals surface area contributed by atoms with Crippen LogP contribution in [0.5, 0.6) is 0 Å². The lowest BCUT2D eigenvalue weighted by atomic mass is 10.2. The molecule has 0 atom stereocenters. The molecule has 0 aliphatic rings. The van der Waals surface area contributed by atoms with Crippen LogP contribution in [0.15, 0.2) is 58.3 Å². The fourth-order valence-electron chi connectivity index (χ4n) is 2.38. The van der Waals surface area contributed by atoms with E-state index in [0.29, 0.717) is 19.0 Å². The number of benzene rings is 1. The molecular formula is C18H21FIN5O. The summed E-state index contributed by atoms with van der Waals surface area (Å²) in [6, 6.07) is 9.98. The summed E-state index contributed by atoms with van der Waals surface area (Å²) in [4.78, 5) is 4.19. The zero-order valence-electron chi connectivity index (χ0n) is 14.6. The molecule has 0 saturated heterocycles. The molecule has 138 valence electrons. The van der Waals surface area contributed by atoms with Gasteiger partial charge in [0, 0.05) is 25.4 Å². The van der Waals surface area contributed by atoms with E-state index in [9.17, 15) is 4.39 Å². The molecule has 0 aliphatic carbocycles. The Morgan fingerprint density at radius 3 is 2.58 bits per heavy atom. The molecule has 0 radical (unpaired) electrons. The summed E-state index contributed by atoms with van der Waals surface area (Å²) in [7, 11) is 1.71. The first-order valence-corrected chi connectivity index (χ1v) is 7.93. The van der Waals surface area contributed by atoms with Crippen molar-refractivity contribution >= 4 is 29.9 Å². The second kappa shape index (κ2) is 9.37. The van der Waals surface area contributed by atoms with Gasteiger partial charge in [0.25, 0.3) is 0 Å². The Balaban J connectivity index is 0.00000243. The van der Waals surface area contributed by atoms with Crippen LogP contribution in [-0.4, -0.2) is 22.8 Å². The van der Waals surface area contributed by atoms with Gasteiger partial charge in [-0.3, -0.25) is 4.99 Å². The van der Waals surface area contributed by atoms with E-state index in [-0.39, 0.29) is 29.8 Å². The molecule has 2 aromatic heterocycles. The highest BCUT2D eigenvalue weighted by atomic mass is 127. The van der Waals surface area contributed by atoms with Gasteiger partial charge in [-0.2, -0.15) is 5.10 Å². The molecular weight excluding hydrogens is 448 g/mol. The van der Waals surface area contributed by atoms with Gasteiger partial charge in [0.15, 0.2) is 5.96 Å². The van der Waals surface area contributed by atoms with Crippen LogP contribution in [0.25, 0.3) is 5.69 Å². The third-order valence-electron chi connectivity index (χ3n) is 3.77. The average molecular weight is 469 g/mol. The number of furan rings is 1. The molecule has 26 heavy (non-hydrogen) atoms. The van der Waals surface area contributed by atoms with Crippen molar-refractivity contribution in [2.75, 3.05) is 7.05 Å². The molecule has 2 N–H and O–H groups in total. The van der Waals surface area contributed by atoms with Gasteiger partial charge in [0.05, 0.1) is 24.2 Å². The molecule has 3 rings (SSSR count). The highest BCUT2D eigenvalue weighted by Gasteiger charge is 2.08. The summed E-state index contributed by atoms with van der Waals surface area (Å²) in [5.41, 5.74) is 2.75. The summed E-state index contributed by atoms with van der Waals surface area (Å²) in [6.07, 6.45) is 3.57.